The van der Waals surface area contributed by atoms with E-state index in [-0.39, 0.29) is 22.9 Å². The predicted octanol–water partition coefficient (Wildman–Crippen LogP) is 2.53. The molecule has 0 saturated carbocycles. The minimum atomic E-state index is -3.95. The number of benzene rings is 2. The number of hydrogen-bond donors (Lipinski definition) is 2. The second kappa shape index (κ2) is 6.52. The zero-order valence-electron chi connectivity index (χ0n) is 13.7. The third kappa shape index (κ3) is 3.59. The normalized spacial score (nSPS) is 14.2. The number of nitro groups is 1. The average Bonchev–Trinajstić information content (AvgIpc) is 3.05. The Morgan fingerprint density at radius 2 is 1.85 bits per heavy atom. The molecule has 3 rings (SSSR count). The lowest BCUT2D eigenvalue weighted by atomic mass is 10.0. The van der Waals surface area contributed by atoms with Gasteiger partial charge in [-0.25, -0.2) is 13.1 Å². The summed E-state index contributed by atoms with van der Waals surface area (Å²) in [6.07, 6.45) is 0. The van der Waals surface area contributed by atoms with Crippen molar-refractivity contribution in [3.8, 4) is 0 Å². The fourth-order valence-electron chi connectivity index (χ4n) is 2.40. The maximum Gasteiger partial charge on any atom is 0.269 e. The molecule has 3 aromatic rings. The van der Waals surface area contributed by atoms with Crippen molar-refractivity contribution < 1.29 is 22.9 Å². The van der Waals surface area contributed by atoms with E-state index in [1.165, 1.54) is 6.92 Å². The van der Waals surface area contributed by atoms with Crippen LogP contribution in [0.5, 0.6) is 0 Å². The zero-order valence-corrected chi connectivity index (χ0v) is 14.6. The number of para-hydroxylation sites is 1. The fraction of sp³-hybridized carbons (Fsp3) is 0.176. The van der Waals surface area contributed by atoms with Gasteiger partial charge in [0.05, 0.1) is 9.82 Å². The van der Waals surface area contributed by atoms with E-state index >= 15 is 0 Å². The molecule has 9 heteroatoms. The minimum Gasteiger partial charge on any atom is -0.458 e. The molecular formula is C17H16N2O6S. The van der Waals surface area contributed by atoms with Crippen molar-refractivity contribution >= 4 is 26.7 Å². The van der Waals surface area contributed by atoms with Gasteiger partial charge < -0.3 is 9.52 Å². The number of aliphatic hydroxyl groups is 1. The highest BCUT2D eigenvalue weighted by Gasteiger charge is 2.30. The number of nitrogens with zero attached hydrogens (tertiary/aromatic N) is 1. The Labute approximate surface area is 149 Å². The summed E-state index contributed by atoms with van der Waals surface area (Å²) in [4.78, 5) is 9.90. The summed E-state index contributed by atoms with van der Waals surface area (Å²) in [7, 11) is -3.95. The first kappa shape index (κ1) is 18.1. The van der Waals surface area contributed by atoms with Gasteiger partial charge in [-0.05, 0) is 31.2 Å². The maximum absolute atomic E-state index is 12.3. The zero-order chi connectivity index (χ0) is 18.9. The van der Waals surface area contributed by atoms with Gasteiger partial charge in [-0.3, -0.25) is 10.1 Å². The van der Waals surface area contributed by atoms with E-state index in [4.69, 9.17) is 4.42 Å². The van der Waals surface area contributed by atoms with Crippen LogP contribution in [0, 0.1) is 10.1 Å². The molecule has 0 aliphatic heterocycles. The highest BCUT2D eigenvalue weighted by atomic mass is 32.2. The number of nitro benzene ring substituents is 1. The summed E-state index contributed by atoms with van der Waals surface area (Å²) in [6.45, 7) is 1.11. The molecule has 0 aliphatic rings. The highest BCUT2D eigenvalue weighted by Crippen LogP contribution is 2.28. The Bertz CT molecular complexity index is 1020. The molecule has 2 N–H and O–H groups in total. The van der Waals surface area contributed by atoms with E-state index in [1.807, 2.05) is 12.1 Å². The average molecular weight is 376 g/mol. The summed E-state index contributed by atoms with van der Waals surface area (Å²) >= 11 is 0. The van der Waals surface area contributed by atoms with Crippen LogP contribution >= 0.6 is 0 Å². The molecular weight excluding hydrogens is 360 g/mol. The van der Waals surface area contributed by atoms with E-state index in [0.29, 0.717) is 5.58 Å². The lowest BCUT2D eigenvalue weighted by Crippen LogP contribution is -2.38. The van der Waals surface area contributed by atoms with Crippen molar-refractivity contribution in [2.75, 3.05) is 6.54 Å². The maximum atomic E-state index is 12.3. The Morgan fingerprint density at radius 1 is 1.19 bits per heavy atom. The van der Waals surface area contributed by atoms with Gasteiger partial charge in [-0.1, -0.05) is 18.2 Å². The molecule has 136 valence electrons. The van der Waals surface area contributed by atoms with Crippen LogP contribution in [-0.2, 0) is 15.6 Å². The van der Waals surface area contributed by atoms with Crippen molar-refractivity contribution in [3.05, 3.63) is 70.5 Å². The van der Waals surface area contributed by atoms with Crippen molar-refractivity contribution in [1.82, 2.24) is 4.72 Å². The van der Waals surface area contributed by atoms with Crippen LogP contribution in [0.2, 0.25) is 0 Å². The molecule has 0 aliphatic carbocycles. The van der Waals surface area contributed by atoms with E-state index in [2.05, 4.69) is 4.72 Å². The molecule has 2 aromatic carbocycles. The molecule has 0 fully saturated rings. The van der Waals surface area contributed by atoms with Gasteiger partial charge in [0.1, 0.15) is 16.9 Å². The third-order valence-corrected chi connectivity index (χ3v) is 5.34. The number of nitrogens with one attached hydrogen (secondary N) is 1. The molecule has 0 spiro atoms. The van der Waals surface area contributed by atoms with Crippen molar-refractivity contribution in [1.29, 1.82) is 0 Å². The Balaban J connectivity index is 1.78. The first-order valence-corrected chi connectivity index (χ1v) is 9.13. The predicted molar refractivity (Wildman–Crippen MR) is 94.1 cm³/mol. The summed E-state index contributed by atoms with van der Waals surface area (Å²) in [6, 6.07) is 13.3. The number of fused-ring (bicyclic) bond motifs is 1. The Morgan fingerprint density at radius 3 is 2.46 bits per heavy atom. The number of rotatable bonds is 6. The first-order valence-electron chi connectivity index (χ1n) is 7.65. The van der Waals surface area contributed by atoms with Gasteiger partial charge >= 0.3 is 0 Å². The monoisotopic (exact) mass is 376 g/mol. The fourth-order valence-corrected chi connectivity index (χ4v) is 3.53. The standard InChI is InChI=1S/C17H16N2O6S/c1-17(20,16-10-12-4-2-3-5-15(12)25-16)11-18-26(23,24)14-8-6-13(7-9-14)19(21)22/h2-10,18,20H,11H2,1H3. The summed E-state index contributed by atoms with van der Waals surface area (Å²) in [5.74, 6) is 0.227. The SMILES string of the molecule is CC(O)(CNS(=O)(=O)c1ccc([N+](=O)[O-])cc1)c1cc2ccccc2o1. The number of sulfonamides is 1. The number of hydrogen-bond acceptors (Lipinski definition) is 6. The molecule has 0 radical (unpaired) electrons. The van der Waals surface area contributed by atoms with Crippen LogP contribution in [0.4, 0.5) is 5.69 Å². The third-order valence-electron chi connectivity index (χ3n) is 3.92. The highest BCUT2D eigenvalue weighted by molar-refractivity contribution is 7.89. The van der Waals surface area contributed by atoms with Crippen molar-refractivity contribution in [3.63, 3.8) is 0 Å². The molecule has 1 unspecified atom stereocenters. The van der Waals surface area contributed by atoms with Gasteiger partial charge in [-0.2, -0.15) is 0 Å². The van der Waals surface area contributed by atoms with Crippen molar-refractivity contribution in [2.24, 2.45) is 0 Å². The van der Waals surface area contributed by atoms with E-state index in [1.54, 1.807) is 18.2 Å². The van der Waals surface area contributed by atoms with Gasteiger partial charge in [0.25, 0.3) is 5.69 Å². The van der Waals surface area contributed by atoms with E-state index in [9.17, 15) is 23.6 Å². The van der Waals surface area contributed by atoms with Gasteiger partial charge in [0.2, 0.25) is 10.0 Å². The molecule has 1 aromatic heterocycles. The molecule has 8 nitrogen and oxygen atoms in total. The first-order chi connectivity index (χ1) is 12.2. The van der Waals surface area contributed by atoms with Crippen LogP contribution in [0.15, 0.2) is 63.9 Å². The van der Waals surface area contributed by atoms with Crippen LogP contribution in [0.1, 0.15) is 12.7 Å². The number of furan rings is 1. The van der Waals surface area contributed by atoms with Gasteiger partial charge in [0, 0.05) is 24.1 Å². The Hall–Kier alpha value is -2.75. The van der Waals surface area contributed by atoms with E-state index < -0.39 is 20.5 Å². The molecule has 1 atom stereocenters. The van der Waals surface area contributed by atoms with Crippen LogP contribution in [-0.4, -0.2) is 25.0 Å². The summed E-state index contributed by atoms with van der Waals surface area (Å²) in [5, 5.41) is 22.0. The summed E-state index contributed by atoms with van der Waals surface area (Å²) < 4.78 is 32.6. The quantitative estimate of drug-likeness (QED) is 0.503. The molecule has 0 amide bonds. The van der Waals surface area contributed by atoms with E-state index in [0.717, 1.165) is 29.7 Å². The molecule has 0 bridgehead atoms. The number of non-ortho nitro benzene ring substituents is 1. The second-order valence-electron chi connectivity index (χ2n) is 6.00. The Kier molecular flexibility index (Phi) is 4.53. The topological polar surface area (TPSA) is 123 Å². The van der Waals surface area contributed by atoms with Gasteiger partial charge in [-0.15, -0.1) is 0 Å². The molecule has 1 heterocycles. The van der Waals surface area contributed by atoms with Crippen LogP contribution < -0.4 is 4.72 Å². The second-order valence-corrected chi connectivity index (χ2v) is 7.76. The van der Waals surface area contributed by atoms with Crippen LogP contribution in [0.3, 0.4) is 0 Å². The van der Waals surface area contributed by atoms with Gasteiger partial charge in [0.15, 0.2) is 0 Å². The molecule has 26 heavy (non-hydrogen) atoms. The van der Waals surface area contributed by atoms with Crippen LogP contribution in [0.25, 0.3) is 11.0 Å². The molecule has 0 saturated heterocycles. The largest absolute Gasteiger partial charge is 0.458 e. The lowest BCUT2D eigenvalue weighted by molar-refractivity contribution is -0.384. The minimum absolute atomic E-state index is 0.136. The summed E-state index contributed by atoms with van der Waals surface area (Å²) in [5.41, 5.74) is -1.20. The van der Waals surface area contributed by atoms with Crippen molar-refractivity contribution in [2.45, 2.75) is 17.4 Å². The lowest BCUT2D eigenvalue weighted by Gasteiger charge is -2.21. The smallest absolute Gasteiger partial charge is 0.269 e.